The van der Waals surface area contributed by atoms with Gasteiger partial charge >= 0.3 is 5.97 Å². The smallest absolute Gasteiger partial charge is 0.321 e. The van der Waals surface area contributed by atoms with Crippen molar-refractivity contribution in [1.82, 2.24) is 0 Å². The van der Waals surface area contributed by atoms with Crippen LogP contribution in [0.25, 0.3) is 0 Å². The number of hydrogen-bond donors (Lipinski definition) is 8. The number of hydrogen-bond acceptors (Lipinski definition) is 10. The summed E-state index contributed by atoms with van der Waals surface area (Å²) >= 11 is 0.963. The maximum absolute atomic E-state index is 11.0. The SMILES string of the molecule is N[C@@H](CS[C@@H]1c2c(O)cc(O)cc2O[C@H](c2cc(O)c(O)c(O)c2)[C@@H]1O)C(=O)O. The summed E-state index contributed by atoms with van der Waals surface area (Å²) in [5.74, 6) is -4.02. The van der Waals surface area contributed by atoms with Crippen LogP contribution < -0.4 is 10.5 Å². The normalized spacial score (nSPS) is 21.8. The van der Waals surface area contributed by atoms with Crippen LogP contribution >= 0.6 is 11.8 Å². The number of carbonyl (C=O) groups is 1. The highest BCUT2D eigenvalue weighted by molar-refractivity contribution is 7.99. The number of benzene rings is 2. The molecule has 1 aliphatic rings. The fourth-order valence-corrected chi connectivity index (χ4v) is 4.33. The van der Waals surface area contributed by atoms with Crippen molar-refractivity contribution in [1.29, 1.82) is 0 Å². The molecule has 0 radical (unpaired) electrons. The van der Waals surface area contributed by atoms with Gasteiger partial charge in [0.1, 0.15) is 29.4 Å². The van der Waals surface area contributed by atoms with E-state index in [0.717, 1.165) is 30.0 Å². The van der Waals surface area contributed by atoms with Crippen LogP contribution in [0, 0.1) is 0 Å². The number of aliphatic hydroxyl groups excluding tert-OH is 1. The molecule has 2 aromatic carbocycles. The van der Waals surface area contributed by atoms with Gasteiger partial charge in [0.2, 0.25) is 0 Å². The Labute approximate surface area is 168 Å². The summed E-state index contributed by atoms with van der Waals surface area (Å²) in [5.41, 5.74) is 5.78. The number of thioether (sulfide) groups is 1. The average Bonchev–Trinajstić information content (AvgIpc) is 2.64. The zero-order valence-electron chi connectivity index (χ0n) is 14.8. The molecule has 10 nitrogen and oxygen atoms in total. The summed E-state index contributed by atoms with van der Waals surface area (Å²) < 4.78 is 5.69. The molecule has 156 valence electrons. The van der Waals surface area contributed by atoms with Gasteiger partial charge in [-0.05, 0) is 12.1 Å². The predicted octanol–water partition coefficient (Wildman–Crippen LogP) is 0.895. The van der Waals surface area contributed by atoms with Crippen LogP contribution in [0.5, 0.6) is 34.5 Å². The number of carboxylic acids is 1. The highest BCUT2D eigenvalue weighted by atomic mass is 32.2. The first-order chi connectivity index (χ1) is 13.6. The molecule has 1 aliphatic heterocycles. The van der Waals surface area contributed by atoms with Gasteiger partial charge in [0.25, 0.3) is 0 Å². The minimum atomic E-state index is -1.37. The molecule has 0 unspecified atom stereocenters. The number of nitrogens with two attached hydrogens (primary N) is 1. The fraction of sp³-hybridized carbons (Fsp3) is 0.278. The molecule has 4 atom stereocenters. The van der Waals surface area contributed by atoms with Gasteiger partial charge < -0.3 is 46.2 Å². The van der Waals surface area contributed by atoms with Gasteiger partial charge in [-0.1, -0.05) is 0 Å². The molecule has 3 rings (SSSR count). The van der Waals surface area contributed by atoms with Crippen LogP contribution in [0.15, 0.2) is 24.3 Å². The molecule has 1 heterocycles. The Morgan fingerprint density at radius 2 is 1.69 bits per heavy atom. The van der Waals surface area contributed by atoms with E-state index in [1.54, 1.807) is 0 Å². The zero-order chi connectivity index (χ0) is 21.5. The summed E-state index contributed by atoms with van der Waals surface area (Å²) in [7, 11) is 0. The average molecular weight is 425 g/mol. The third-order valence-electron chi connectivity index (χ3n) is 4.46. The highest BCUT2D eigenvalue weighted by Gasteiger charge is 2.41. The predicted molar refractivity (Wildman–Crippen MR) is 101 cm³/mol. The molecule has 0 amide bonds. The second-order valence-corrected chi connectivity index (χ2v) is 7.69. The molecule has 2 aromatic rings. The van der Waals surface area contributed by atoms with Crippen molar-refractivity contribution in [3.05, 3.63) is 35.4 Å². The van der Waals surface area contributed by atoms with Gasteiger partial charge in [-0.25, -0.2) is 0 Å². The van der Waals surface area contributed by atoms with E-state index in [0.29, 0.717) is 0 Å². The molecule has 29 heavy (non-hydrogen) atoms. The lowest BCUT2D eigenvalue weighted by Gasteiger charge is -2.37. The minimum Gasteiger partial charge on any atom is -0.508 e. The summed E-state index contributed by atoms with van der Waals surface area (Å²) in [6, 6.07) is 3.21. The molecule has 9 N–H and O–H groups in total. The lowest BCUT2D eigenvalue weighted by Crippen LogP contribution is -2.36. The quantitative estimate of drug-likeness (QED) is 0.317. The number of carboxylic acid groups (broad SMARTS) is 1. The number of fused-ring (bicyclic) bond motifs is 1. The number of ether oxygens (including phenoxy) is 1. The molecular formula is C18H19NO9S. The standard InChI is InChI=1S/C18H19NO9S/c19-8(18(26)27)5-29-17-13-9(21)3-7(20)4-12(13)28-16(15(17)25)6-1-10(22)14(24)11(23)2-6/h1-4,8,15-17,20-25H,5,19H2,(H,26,27)/t8-,15-,16+,17+/m0/s1. The Morgan fingerprint density at radius 3 is 2.28 bits per heavy atom. The number of aliphatic hydroxyl groups is 1. The fourth-order valence-electron chi connectivity index (χ4n) is 3.03. The third kappa shape index (κ3) is 3.92. The van der Waals surface area contributed by atoms with Crippen LogP contribution in [0.3, 0.4) is 0 Å². The van der Waals surface area contributed by atoms with E-state index in [-0.39, 0.29) is 34.1 Å². The van der Waals surface area contributed by atoms with Crippen LogP contribution in [0.4, 0.5) is 0 Å². The van der Waals surface area contributed by atoms with Crippen LogP contribution in [-0.2, 0) is 4.79 Å². The number of phenolic OH excluding ortho intramolecular Hbond substituents is 5. The Kier molecular flexibility index (Phi) is 5.55. The molecule has 0 fully saturated rings. The lowest BCUT2D eigenvalue weighted by molar-refractivity contribution is -0.137. The highest BCUT2D eigenvalue weighted by Crippen LogP contribution is 2.53. The zero-order valence-corrected chi connectivity index (χ0v) is 15.6. The number of aliphatic carboxylic acids is 1. The van der Waals surface area contributed by atoms with Crippen molar-refractivity contribution in [3.63, 3.8) is 0 Å². The van der Waals surface area contributed by atoms with Gasteiger partial charge in [-0.15, -0.1) is 11.8 Å². The largest absolute Gasteiger partial charge is 0.508 e. The maximum atomic E-state index is 11.0. The molecule has 0 aliphatic carbocycles. The monoisotopic (exact) mass is 425 g/mol. The Bertz CT molecular complexity index is 928. The van der Waals surface area contributed by atoms with Crippen LogP contribution in [0.2, 0.25) is 0 Å². The third-order valence-corrected chi connectivity index (χ3v) is 5.88. The summed E-state index contributed by atoms with van der Waals surface area (Å²) in [5, 5.41) is 68.1. The number of phenols is 5. The van der Waals surface area contributed by atoms with Gasteiger partial charge in [-0.3, -0.25) is 4.79 Å². The van der Waals surface area contributed by atoms with Gasteiger partial charge in [0.05, 0.1) is 10.8 Å². The van der Waals surface area contributed by atoms with E-state index in [2.05, 4.69) is 0 Å². The second-order valence-electron chi connectivity index (χ2n) is 6.51. The minimum absolute atomic E-state index is 0.0197. The molecular weight excluding hydrogens is 406 g/mol. The summed E-state index contributed by atoms with van der Waals surface area (Å²) in [6.07, 6.45) is -2.55. The second kappa shape index (κ2) is 7.78. The van der Waals surface area contributed by atoms with E-state index in [1.807, 2.05) is 0 Å². The molecule has 0 bridgehead atoms. The topological polar surface area (TPSA) is 194 Å². The van der Waals surface area contributed by atoms with Gasteiger partial charge in [-0.2, -0.15) is 0 Å². The van der Waals surface area contributed by atoms with E-state index >= 15 is 0 Å². The Hall–Kier alpha value is -3.02. The van der Waals surface area contributed by atoms with Crippen molar-refractivity contribution >= 4 is 17.7 Å². The van der Waals surface area contributed by atoms with Crippen molar-refractivity contribution in [2.24, 2.45) is 5.73 Å². The summed E-state index contributed by atoms with van der Waals surface area (Å²) in [4.78, 5) is 11.0. The van der Waals surface area contributed by atoms with Gasteiger partial charge in [0, 0.05) is 23.4 Å². The molecule has 0 saturated heterocycles. The first-order valence-electron chi connectivity index (χ1n) is 8.35. The number of rotatable bonds is 5. The van der Waals surface area contributed by atoms with Crippen molar-refractivity contribution in [2.45, 2.75) is 23.5 Å². The maximum Gasteiger partial charge on any atom is 0.321 e. The van der Waals surface area contributed by atoms with Crippen molar-refractivity contribution < 1.29 is 45.3 Å². The van der Waals surface area contributed by atoms with Crippen LogP contribution in [-0.4, -0.2) is 59.6 Å². The lowest BCUT2D eigenvalue weighted by atomic mass is 9.93. The van der Waals surface area contributed by atoms with Crippen molar-refractivity contribution in [2.75, 3.05) is 5.75 Å². The first-order valence-corrected chi connectivity index (χ1v) is 9.40. The van der Waals surface area contributed by atoms with Crippen molar-refractivity contribution in [3.8, 4) is 34.5 Å². The molecule has 11 heteroatoms. The first kappa shape index (κ1) is 20.7. The van der Waals surface area contributed by atoms with E-state index in [4.69, 9.17) is 15.6 Å². The Balaban J connectivity index is 2.04. The van der Waals surface area contributed by atoms with Crippen LogP contribution in [0.1, 0.15) is 22.5 Å². The van der Waals surface area contributed by atoms with E-state index in [9.17, 15) is 35.4 Å². The van der Waals surface area contributed by atoms with E-state index < -0.39 is 46.7 Å². The Morgan fingerprint density at radius 1 is 1.07 bits per heavy atom. The summed E-state index contributed by atoms with van der Waals surface area (Å²) in [6.45, 7) is 0. The molecule has 0 aromatic heterocycles. The molecule has 0 saturated carbocycles. The van der Waals surface area contributed by atoms with E-state index in [1.165, 1.54) is 6.07 Å². The number of aromatic hydroxyl groups is 5. The van der Waals surface area contributed by atoms with Gasteiger partial charge in [0.15, 0.2) is 23.4 Å². The molecule has 0 spiro atoms.